The van der Waals surface area contributed by atoms with Gasteiger partial charge in [-0.1, -0.05) is 35.9 Å². The van der Waals surface area contributed by atoms with Crippen LogP contribution in [0.25, 0.3) is 5.69 Å². The number of aromatic nitrogens is 2. The van der Waals surface area contributed by atoms with Crippen LogP contribution in [-0.4, -0.2) is 65.6 Å². The van der Waals surface area contributed by atoms with Crippen LogP contribution < -0.4 is 10.9 Å². The van der Waals surface area contributed by atoms with Gasteiger partial charge in [0.15, 0.2) is 0 Å². The number of piperazine rings is 1. The van der Waals surface area contributed by atoms with Crippen LogP contribution in [0.2, 0.25) is 0 Å². The zero-order valence-corrected chi connectivity index (χ0v) is 20.4. The van der Waals surface area contributed by atoms with Crippen LogP contribution in [0.3, 0.4) is 0 Å². The summed E-state index contributed by atoms with van der Waals surface area (Å²) in [7, 11) is -1.79. The molecule has 1 amide bonds. The SMILES string of the molecule is Cc1ccc(S(=O)(=O)N2CCN(CC(=O)Nc3c(C)n(C)n(-c4ccccc4)c3=O)CC2)cc1. The molecule has 4 rings (SSSR count). The maximum Gasteiger partial charge on any atom is 0.295 e. The average Bonchev–Trinajstić information content (AvgIpc) is 3.03. The smallest absolute Gasteiger partial charge is 0.295 e. The Bertz CT molecular complexity index is 1340. The van der Waals surface area contributed by atoms with Gasteiger partial charge in [-0.05, 0) is 38.1 Å². The summed E-state index contributed by atoms with van der Waals surface area (Å²) in [5.74, 6) is -0.305. The van der Waals surface area contributed by atoms with Crippen molar-refractivity contribution in [2.24, 2.45) is 7.05 Å². The Morgan fingerprint density at radius 1 is 0.941 bits per heavy atom. The van der Waals surface area contributed by atoms with Crippen LogP contribution >= 0.6 is 0 Å². The number of nitrogens with zero attached hydrogens (tertiary/aromatic N) is 4. The summed E-state index contributed by atoms with van der Waals surface area (Å²) in [6, 6.07) is 16.0. The van der Waals surface area contributed by atoms with Crippen molar-refractivity contribution < 1.29 is 13.2 Å². The van der Waals surface area contributed by atoms with Crippen molar-refractivity contribution in [3.8, 4) is 5.69 Å². The number of hydrogen-bond acceptors (Lipinski definition) is 5. The second-order valence-corrected chi connectivity index (χ2v) is 10.4. The van der Waals surface area contributed by atoms with Crippen molar-refractivity contribution in [3.63, 3.8) is 0 Å². The molecule has 180 valence electrons. The van der Waals surface area contributed by atoms with E-state index < -0.39 is 10.0 Å². The van der Waals surface area contributed by atoms with Crippen molar-refractivity contribution in [1.29, 1.82) is 0 Å². The van der Waals surface area contributed by atoms with Gasteiger partial charge >= 0.3 is 0 Å². The number of aryl methyl sites for hydroxylation is 1. The zero-order chi connectivity index (χ0) is 24.5. The molecule has 0 saturated carbocycles. The van der Waals surface area contributed by atoms with Gasteiger partial charge in [-0.2, -0.15) is 4.31 Å². The first-order valence-corrected chi connectivity index (χ1v) is 12.6. The highest BCUT2D eigenvalue weighted by atomic mass is 32.2. The fourth-order valence-corrected chi connectivity index (χ4v) is 5.50. The molecule has 0 spiro atoms. The molecule has 0 aliphatic carbocycles. The fraction of sp³-hybridized carbons (Fsp3) is 0.333. The number of nitrogens with one attached hydrogen (secondary N) is 1. The molecule has 0 bridgehead atoms. The molecular formula is C24H29N5O4S. The second-order valence-electron chi connectivity index (χ2n) is 8.48. The van der Waals surface area contributed by atoms with E-state index in [-0.39, 0.29) is 28.6 Å². The summed E-state index contributed by atoms with van der Waals surface area (Å²) in [6.07, 6.45) is 0. The Morgan fingerprint density at radius 2 is 1.56 bits per heavy atom. The third-order valence-electron chi connectivity index (χ3n) is 6.18. The molecule has 3 aromatic rings. The second kappa shape index (κ2) is 9.57. The molecular weight excluding hydrogens is 454 g/mol. The van der Waals surface area contributed by atoms with Crippen LogP contribution in [-0.2, 0) is 21.9 Å². The number of amides is 1. The van der Waals surface area contributed by atoms with Crippen molar-refractivity contribution in [1.82, 2.24) is 18.6 Å². The van der Waals surface area contributed by atoms with E-state index in [1.807, 2.05) is 42.2 Å². The molecule has 10 heteroatoms. The van der Waals surface area contributed by atoms with Crippen LogP contribution in [0.1, 0.15) is 11.3 Å². The quantitative estimate of drug-likeness (QED) is 0.576. The molecule has 1 aliphatic rings. The van der Waals surface area contributed by atoms with Gasteiger partial charge in [-0.25, -0.2) is 13.1 Å². The number of para-hydroxylation sites is 1. The van der Waals surface area contributed by atoms with Gasteiger partial charge in [0.25, 0.3) is 5.56 Å². The molecule has 1 fully saturated rings. The average molecular weight is 484 g/mol. The molecule has 0 unspecified atom stereocenters. The number of carbonyl (C=O) groups is 1. The van der Waals surface area contributed by atoms with Crippen LogP contribution in [0.5, 0.6) is 0 Å². The number of sulfonamides is 1. The predicted molar refractivity (Wildman–Crippen MR) is 131 cm³/mol. The molecule has 2 aromatic carbocycles. The first-order valence-electron chi connectivity index (χ1n) is 11.1. The van der Waals surface area contributed by atoms with Crippen LogP contribution in [0, 0.1) is 13.8 Å². The molecule has 1 saturated heterocycles. The lowest BCUT2D eigenvalue weighted by atomic mass is 10.2. The molecule has 1 N–H and O–H groups in total. The molecule has 34 heavy (non-hydrogen) atoms. The van der Waals surface area contributed by atoms with Gasteiger partial charge in [0.1, 0.15) is 5.69 Å². The Balaban J connectivity index is 1.39. The van der Waals surface area contributed by atoms with Crippen LogP contribution in [0.4, 0.5) is 5.69 Å². The van der Waals surface area contributed by atoms with Gasteiger partial charge in [-0.3, -0.25) is 19.2 Å². The normalized spacial score (nSPS) is 15.4. The van der Waals surface area contributed by atoms with Crippen molar-refractivity contribution in [2.45, 2.75) is 18.7 Å². The third-order valence-corrected chi connectivity index (χ3v) is 8.09. The fourth-order valence-electron chi connectivity index (χ4n) is 4.08. The van der Waals surface area contributed by atoms with Gasteiger partial charge in [0.05, 0.1) is 22.8 Å². The Labute approximate surface area is 199 Å². The minimum absolute atomic E-state index is 0.0809. The Hall–Kier alpha value is -3.21. The van der Waals surface area contributed by atoms with Crippen molar-refractivity contribution in [3.05, 3.63) is 76.2 Å². The number of hydrogen-bond donors (Lipinski definition) is 1. The van der Waals surface area contributed by atoms with E-state index in [4.69, 9.17) is 0 Å². The maximum atomic E-state index is 13.0. The highest BCUT2D eigenvalue weighted by Gasteiger charge is 2.29. The minimum Gasteiger partial charge on any atom is -0.319 e. The Kier molecular flexibility index (Phi) is 6.74. The summed E-state index contributed by atoms with van der Waals surface area (Å²) < 4.78 is 30.4. The third kappa shape index (κ3) is 4.70. The lowest BCUT2D eigenvalue weighted by molar-refractivity contribution is -0.117. The summed E-state index contributed by atoms with van der Waals surface area (Å²) in [4.78, 5) is 27.9. The van der Waals surface area contributed by atoms with Crippen molar-refractivity contribution in [2.75, 3.05) is 38.0 Å². The predicted octanol–water partition coefficient (Wildman–Crippen LogP) is 1.74. The standard InChI is InChI=1S/C24H29N5O4S/c1-18-9-11-21(12-10-18)34(32,33)28-15-13-27(14-16-28)17-22(30)25-23-19(2)26(3)29(24(23)31)20-7-5-4-6-8-20/h4-12H,13-17H2,1-3H3,(H,25,30). The van der Waals surface area contributed by atoms with Gasteiger partial charge in [0, 0.05) is 33.2 Å². The summed E-state index contributed by atoms with van der Waals surface area (Å²) in [6.45, 7) is 5.24. The lowest BCUT2D eigenvalue weighted by Gasteiger charge is -2.33. The molecule has 9 nitrogen and oxygen atoms in total. The maximum absolute atomic E-state index is 13.0. The number of rotatable bonds is 6. The number of anilines is 1. The molecule has 0 radical (unpaired) electrons. The van der Waals surface area contributed by atoms with E-state index in [1.54, 1.807) is 42.9 Å². The van der Waals surface area contributed by atoms with Crippen LogP contribution in [0.15, 0.2) is 64.3 Å². The molecule has 2 heterocycles. The van der Waals surface area contributed by atoms with E-state index in [2.05, 4.69) is 5.32 Å². The molecule has 1 aromatic heterocycles. The van der Waals surface area contributed by atoms with Gasteiger partial charge < -0.3 is 5.32 Å². The largest absolute Gasteiger partial charge is 0.319 e. The highest BCUT2D eigenvalue weighted by Crippen LogP contribution is 2.18. The summed E-state index contributed by atoms with van der Waals surface area (Å²) in [5, 5.41) is 2.76. The number of carbonyl (C=O) groups excluding carboxylic acids is 1. The van der Waals surface area contributed by atoms with E-state index in [0.29, 0.717) is 37.6 Å². The van der Waals surface area contributed by atoms with Gasteiger partial charge in [-0.15, -0.1) is 0 Å². The van der Waals surface area contributed by atoms with Crippen molar-refractivity contribution >= 4 is 21.6 Å². The first-order chi connectivity index (χ1) is 16.2. The monoisotopic (exact) mass is 483 g/mol. The summed E-state index contributed by atoms with van der Waals surface area (Å²) >= 11 is 0. The molecule has 1 aliphatic heterocycles. The van der Waals surface area contributed by atoms with E-state index in [1.165, 1.54) is 8.99 Å². The Morgan fingerprint density at radius 3 is 2.18 bits per heavy atom. The highest BCUT2D eigenvalue weighted by molar-refractivity contribution is 7.89. The van der Waals surface area contributed by atoms with E-state index in [0.717, 1.165) is 5.56 Å². The summed E-state index contributed by atoms with van der Waals surface area (Å²) in [5.41, 5.74) is 2.31. The topological polar surface area (TPSA) is 96.7 Å². The first kappa shape index (κ1) is 23.9. The minimum atomic E-state index is -3.56. The van der Waals surface area contributed by atoms with E-state index in [9.17, 15) is 18.0 Å². The zero-order valence-electron chi connectivity index (χ0n) is 19.6. The molecule has 0 atom stereocenters. The van der Waals surface area contributed by atoms with Gasteiger partial charge in [0.2, 0.25) is 15.9 Å². The number of benzene rings is 2. The lowest BCUT2D eigenvalue weighted by Crippen LogP contribution is -2.50. The van der Waals surface area contributed by atoms with E-state index >= 15 is 0 Å².